The maximum atomic E-state index is 12.5. The molecule has 4 rings (SSSR count). The summed E-state index contributed by atoms with van der Waals surface area (Å²) in [7, 11) is 2.68. The highest BCUT2D eigenvalue weighted by Crippen LogP contribution is 2.23. The van der Waals surface area contributed by atoms with Crippen LogP contribution < -0.4 is 5.62 Å². The third-order valence-electron chi connectivity index (χ3n) is 6.31. The van der Waals surface area contributed by atoms with E-state index in [1.54, 1.807) is 0 Å². The quantitative estimate of drug-likeness (QED) is 0.340. The minimum Gasteiger partial charge on any atom is -0.451 e. The second-order valence-electron chi connectivity index (χ2n) is 9.03. The lowest BCUT2D eigenvalue weighted by Gasteiger charge is -2.22. The maximum Gasteiger partial charge on any atom is 0.436 e. The Morgan fingerprint density at radius 1 is 0.892 bits per heavy atom. The fourth-order valence-corrected chi connectivity index (χ4v) is 4.36. The Balaban J connectivity index is 1.91. The third-order valence-corrected chi connectivity index (χ3v) is 6.31. The molecular formula is C29H33N3O5. The molecule has 4 aromatic rings. The van der Waals surface area contributed by atoms with E-state index >= 15 is 0 Å². The van der Waals surface area contributed by atoms with Gasteiger partial charge in [-0.1, -0.05) is 71.8 Å². The summed E-state index contributed by atoms with van der Waals surface area (Å²) in [4.78, 5) is 16.9. The number of carbonyl (C=O) groups excluding carboxylic acids is 1. The van der Waals surface area contributed by atoms with Crippen molar-refractivity contribution in [2.24, 2.45) is 4.99 Å². The van der Waals surface area contributed by atoms with Crippen LogP contribution in [0.2, 0.25) is 0 Å². The molecule has 0 bridgehead atoms. The first-order valence-corrected chi connectivity index (χ1v) is 12.2. The number of aromatic nitrogens is 2. The highest BCUT2D eigenvalue weighted by Gasteiger charge is 2.22. The molecule has 1 unspecified atom stereocenters. The summed E-state index contributed by atoms with van der Waals surface area (Å²) in [6.07, 6.45) is -0.127. The van der Waals surface area contributed by atoms with Gasteiger partial charge in [0, 0.05) is 7.11 Å². The molecule has 0 aliphatic carbocycles. The molecule has 0 radical (unpaired) electrons. The molecule has 37 heavy (non-hydrogen) atoms. The van der Waals surface area contributed by atoms with Crippen molar-refractivity contribution in [3.05, 3.63) is 101 Å². The number of imidazole rings is 1. The number of rotatable bonds is 9. The van der Waals surface area contributed by atoms with Crippen molar-refractivity contribution in [1.29, 1.82) is 0 Å². The Hall–Kier alpha value is -3.72. The van der Waals surface area contributed by atoms with Gasteiger partial charge in [-0.05, 0) is 43.5 Å². The minimum atomic E-state index is -1.37. The van der Waals surface area contributed by atoms with Crippen LogP contribution in [-0.2, 0) is 27.2 Å². The molecular weight excluding hydrogens is 470 g/mol. The van der Waals surface area contributed by atoms with Crippen LogP contribution in [0, 0.1) is 13.8 Å². The standard InChI is InChI=1S/C29H33N3O5/c1-20-9-13-22(14-10-20)17-24(19-37-29(34)36-4)32-26-8-6-5-7-25(26)31(27(32)30-28(33)35-3)18-23-15-11-21(2)12-16-23/h5-16,24,29,34H,17-19H2,1-4H3/t24-,29?/m0/s1. The van der Waals surface area contributed by atoms with Crippen molar-refractivity contribution < 1.29 is 24.1 Å². The number of aliphatic hydroxyl groups is 1. The van der Waals surface area contributed by atoms with E-state index in [9.17, 15) is 9.90 Å². The predicted octanol–water partition coefficient (Wildman–Crippen LogP) is 4.50. The molecule has 1 heterocycles. The van der Waals surface area contributed by atoms with Gasteiger partial charge in [0.15, 0.2) is 0 Å². The van der Waals surface area contributed by atoms with Crippen molar-refractivity contribution >= 4 is 17.1 Å². The molecule has 0 saturated heterocycles. The summed E-state index contributed by atoms with van der Waals surface area (Å²) in [6.45, 7) is 3.34. The van der Waals surface area contributed by atoms with Gasteiger partial charge in [0.05, 0.1) is 37.3 Å². The Bertz CT molecular complexity index is 1400. The first kappa shape index (κ1) is 26.3. The molecule has 0 fully saturated rings. The van der Waals surface area contributed by atoms with E-state index in [0.29, 0.717) is 18.6 Å². The molecule has 8 nitrogen and oxygen atoms in total. The van der Waals surface area contributed by atoms with Gasteiger partial charge in [0.2, 0.25) is 5.62 Å². The van der Waals surface area contributed by atoms with Crippen LogP contribution in [0.3, 0.4) is 0 Å². The molecule has 0 spiro atoms. The van der Waals surface area contributed by atoms with Crippen LogP contribution in [-0.4, -0.2) is 47.6 Å². The number of ether oxygens (including phenoxy) is 3. The lowest BCUT2D eigenvalue weighted by Crippen LogP contribution is -2.34. The molecule has 2 atom stereocenters. The van der Waals surface area contributed by atoms with Gasteiger partial charge in [-0.3, -0.25) is 0 Å². The first-order valence-electron chi connectivity index (χ1n) is 12.2. The summed E-state index contributed by atoms with van der Waals surface area (Å²) in [5.41, 5.74) is 6.70. The zero-order chi connectivity index (χ0) is 26.4. The molecule has 0 aliphatic heterocycles. The van der Waals surface area contributed by atoms with Crippen molar-refractivity contribution in [3.63, 3.8) is 0 Å². The molecule has 3 aromatic carbocycles. The molecule has 8 heteroatoms. The highest BCUT2D eigenvalue weighted by atomic mass is 16.8. The van der Waals surface area contributed by atoms with Crippen LogP contribution in [0.1, 0.15) is 28.3 Å². The number of hydrogen-bond donors (Lipinski definition) is 1. The number of aryl methyl sites for hydroxylation is 2. The van der Waals surface area contributed by atoms with Gasteiger partial charge >= 0.3 is 6.09 Å². The van der Waals surface area contributed by atoms with Gasteiger partial charge in [-0.25, -0.2) is 4.79 Å². The SMILES string of the molecule is COC(=O)N=c1n(Cc2ccc(C)cc2)c2ccccc2n1[C@H](COC(O)OC)Cc1ccc(C)cc1. The number of benzene rings is 3. The van der Waals surface area contributed by atoms with E-state index in [-0.39, 0.29) is 12.6 Å². The average molecular weight is 504 g/mol. The van der Waals surface area contributed by atoms with Gasteiger partial charge in [0.25, 0.3) is 6.48 Å². The van der Waals surface area contributed by atoms with Gasteiger partial charge < -0.3 is 28.5 Å². The van der Waals surface area contributed by atoms with E-state index in [1.165, 1.54) is 19.8 Å². The second-order valence-corrected chi connectivity index (χ2v) is 9.03. The topological polar surface area (TPSA) is 87.2 Å². The van der Waals surface area contributed by atoms with Crippen molar-refractivity contribution in [1.82, 2.24) is 9.13 Å². The molecule has 0 saturated carbocycles. The van der Waals surface area contributed by atoms with Crippen molar-refractivity contribution in [2.75, 3.05) is 20.8 Å². The predicted molar refractivity (Wildman–Crippen MR) is 141 cm³/mol. The van der Waals surface area contributed by atoms with Gasteiger partial charge in [0.1, 0.15) is 0 Å². The number of hydrogen-bond acceptors (Lipinski definition) is 5. The van der Waals surface area contributed by atoms with E-state index in [0.717, 1.165) is 27.7 Å². The van der Waals surface area contributed by atoms with E-state index in [2.05, 4.69) is 53.5 Å². The lowest BCUT2D eigenvalue weighted by molar-refractivity contribution is -0.253. The molecule has 0 aliphatic rings. The summed E-state index contributed by atoms with van der Waals surface area (Å²) in [6, 6.07) is 24.1. The van der Waals surface area contributed by atoms with Crippen molar-refractivity contribution in [3.8, 4) is 0 Å². The molecule has 1 aromatic heterocycles. The fraction of sp³-hybridized carbons (Fsp3) is 0.310. The average Bonchev–Trinajstić information content (AvgIpc) is 3.21. The number of para-hydroxylation sites is 2. The normalized spacial score (nSPS) is 13.6. The van der Waals surface area contributed by atoms with Crippen LogP contribution in [0.4, 0.5) is 4.79 Å². The largest absolute Gasteiger partial charge is 0.451 e. The Morgan fingerprint density at radius 2 is 1.49 bits per heavy atom. The monoisotopic (exact) mass is 503 g/mol. The second kappa shape index (κ2) is 12.0. The number of fused-ring (bicyclic) bond motifs is 1. The number of nitrogens with zero attached hydrogens (tertiary/aromatic N) is 3. The highest BCUT2D eigenvalue weighted by molar-refractivity contribution is 5.77. The summed E-state index contributed by atoms with van der Waals surface area (Å²) in [5, 5.41) is 9.99. The van der Waals surface area contributed by atoms with Crippen molar-refractivity contribution in [2.45, 2.75) is 39.3 Å². The Labute approximate surface area is 216 Å². The zero-order valence-corrected chi connectivity index (χ0v) is 21.6. The summed E-state index contributed by atoms with van der Waals surface area (Å²) < 4.78 is 19.5. The van der Waals surface area contributed by atoms with Gasteiger partial charge in [-0.15, -0.1) is 4.99 Å². The van der Waals surface area contributed by atoms with E-state index < -0.39 is 12.6 Å². The molecule has 1 N–H and O–H groups in total. The zero-order valence-electron chi connectivity index (χ0n) is 21.6. The summed E-state index contributed by atoms with van der Waals surface area (Å²) in [5.74, 6) is 0. The Morgan fingerprint density at radius 3 is 2.08 bits per heavy atom. The number of amides is 1. The molecule has 194 valence electrons. The van der Waals surface area contributed by atoms with Crippen LogP contribution in [0.15, 0.2) is 77.8 Å². The van der Waals surface area contributed by atoms with Crippen LogP contribution in [0.25, 0.3) is 11.0 Å². The number of methoxy groups -OCH3 is 2. The number of aliphatic hydroxyl groups excluding tert-OH is 1. The lowest BCUT2D eigenvalue weighted by atomic mass is 10.0. The summed E-state index contributed by atoms with van der Waals surface area (Å²) >= 11 is 0. The third kappa shape index (κ3) is 6.35. The smallest absolute Gasteiger partial charge is 0.436 e. The number of carbonyl (C=O) groups is 1. The van der Waals surface area contributed by atoms with Crippen LogP contribution in [0.5, 0.6) is 0 Å². The van der Waals surface area contributed by atoms with Gasteiger partial charge in [-0.2, -0.15) is 0 Å². The fourth-order valence-electron chi connectivity index (χ4n) is 4.36. The first-order chi connectivity index (χ1) is 17.9. The van der Waals surface area contributed by atoms with Crippen LogP contribution >= 0.6 is 0 Å². The molecule has 1 amide bonds. The maximum absolute atomic E-state index is 12.5. The van der Waals surface area contributed by atoms with E-state index in [1.807, 2.05) is 47.2 Å². The van der Waals surface area contributed by atoms with E-state index in [4.69, 9.17) is 14.2 Å². The Kier molecular flexibility index (Phi) is 8.55. The minimum absolute atomic E-state index is 0.121.